The van der Waals surface area contributed by atoms with Crippen LogP contribution in [0.4, 0.5) is 0 Å². The number of unbranched alkanes of at least 4 members (excludes halogenated alkanes) is 8. The van der Waals surface area contributed by atoms with Crippen LogP contribution in [0.2, 0.25) is 0 Å². The monoisotopic (exact) mass is 804 g/mol. The molecule has 0 bridgehead atoms. The van der Waals surface area contributed by atoms with Crippen molar-refractivity contribution in [2.24, 2.45) is 0 Å². The highest BCUT2D eigenvalue weighted by atomic mass is 16.8. The number of aliphatic hydroxyl groups is 3. The number of rotatable bonds is 20. The van der Waals surface area contributed by atoms with E-state index in [0.717, 1.165) is 77.0 Å². The molecule has 5 fully saturated rings. The first-order chi connectivity index (χ1) is 26.5. The van der Waals surface area contributed by atoms with Gasteiger partial charge in [0, 0.05) is 6.42 Å². The van der Waals surface area contributed by atoms with Crippen molar-refractivity contribution in [2.75, 3.05) is 7.11 Å². The summed E-state index contributed by atoms with van der Waals surface area (Å²) in [5, 5.41) is 31.3. The van der Waals surface area contributed by atoms with Gasteiger partial charge in [-0.2, -0.15) is 0 Å². The molecule has 0 saturated carbocycles. The Morgan fingerprint density at radius 1 is 0.589 bits per heavy atom. The predicted molar refractivity (Wildman–Crippen MR) is 201 cm³/mol. The van der Waals surface area contributed by atoms with E-state index in [9.17, 15) is 20.1 Å². The molecular formula is C41H72O15. The molecule has 56 heavy (non-hydrogen) atoms. The normalized spacial score (nSPS) is 40.9. The molecule has 0 aromatic rings. The molecule has 5 aliphatic rings. The maximum Gasteiger partial charge on any atom is 0.305 e. The minimum Gasteiger partial charge on any atom is -0.469 e. The van der Waals surface area contributed by atoms with Crippen molar-refractivity contribution in [1.29, 1.82) is 0 Å². The third-order valence-electron chi connectivity index (χ3n) is 11.6. The number of carbonyl (C=O) groups is 1. The lowest BCUT2D eigenvalue weighted by molar-refractivity contribution is -0.358. The summed E-state index contributed by atoms with van der Waals surface area (Å²) in [7, 11) is 1.43. The zero-order valence-corrected chi connectivity index (χ0v) is 35.2. The number of hydrogen-bond donors (Lipinski definition) is 3. The average Bonchev–Trinajstić information content (AvgIpc) is 3.65. The van der Waals surface area contributed by atoms with Gasteiger partial charge in [-0.3, -0.25) is 4.79 Å². The Morgan fingerprint density at radius 2 is 1.05 bits per heavy atom. The molecule has 15 nitrogen and oxygen atoms in total. The Bertz CT molecular complexity index is 1200. The number of ether oxygens (including phenoxy) is 11. The van der Waals surface area contributed by atoms with E-state index in [-0.39, 0.29) is 12.1 Å². The Hall–Kier alpha value is -1.05. The second-order valence-corrected chi connectivity index (χ2v) is 17.3. The van der Waals surface area contributed by atoms with Gasteiger partial charge in [0.05, 0.1) is 31.5 Å². The van der Waals surface area contributed by atoms with Crippen LogP contribution in [0.15, 0.2) is 0 Å². The Labute approximate surface area is 333 Å². The van der Waals surface area contributed by atoms with E-state index in [1.165, 1.54) is 7.11 Å². The number of fused-ring (bicyclic) bond motifs is 2. The van der Waals surface area contributed by atoms with Gasteiger partial charge in [0.25, 0.3) is 0 Å². The molecule has 5 rings (SSSR count). The molecule has 5 aliphatic heterocycles. The molecular weight excluding hydrogens is 732 g/mol. The van der Waals surface area contributed by atoms with Gasteiger partial charge in [-0.25, -0.2) is 0 Å². The molecule has 326 valence electrons. The number of methoxy groups -OCH3 is 1. The van der Waals surface area contributed by atoms with Gasteiger partial charge < -0.3 is 67.4 Å². The van der Waals surface area contributed by atoms with Crippen LogP contribution in [0.5, 0.6) is 0 Å². The van der Waals surface area contributed by atoms with Gasteiger partial charge in [0.2, 0.25) is 0 Å². The van der Waals surface area contributed by atoms with Crippen molar-refractivity contribution < 1.29 is 72.2 Å². The Kier molecular flexibility index (Phi) is 16.8. The maximum atomic E-state index is 11.3. The highest BCUT2D eigenvalue weighted by Crippen LogP contribution is 2.44. The van der Waals surface area contributed by atoms with Gasteiger partial charge in [-0.15, -0.1) is 0 Å². The molecule has 16 atom stereocenters. The van der Waals surface area contributed by atoms with Crippen molar-refractivity contribution in [1.82, 2.24) is 0 Å². The molecule has 0 spiro atoms. The standard InChI is InChI=1S/C41H72O15/c1-10-11-17-20-26(21-18-15-13-12-14-16-19-22-27(42)46-9)50-38-35-34(54-40(5,6)55-35)32(25(4)48-38)52-39-36-33(53-41(7,8)56-36)31(24(3)49-39)51-37-30(45)29(44)28(43)23(2)47-37/h23-26,28-39,43-45H,10-22H2,1-9H3/t23-,24-,25-,26-,28-,29+,30+,31-,32-,33+,34+,35+,36+,37-,38-,39-/m0/s1. The fourth-order valence-corrected chi connectivity index (χ4v) is 8.58. The van der Waals surface area contributed by atoms with Gasteiger partial charge in [-0.05, 0) is 67.7 Å². The van der Waals surface area contributed by atoms with E-state index in [0.29, 0.717) is 6.42 Å². The first kappa shape index (κ1) is 46.0. The van der Waals surface area contributed by atoms with E-state index in [1.807, 2.05) is 27.7 Å². The summed E-state index contributed by atoms with van der Waals surface area (Å²) in [5.74, 6) is -2.06. The van der Waals surface area contributed by atoms with Crippen LogP contribution in [0.1, 0.15) is 139 Å². The minimum atomic E-state index is -1.49. The van der Waals surface area contributed by atoms with Crippen molar-refractivity contribution in [3.05, 3.63) is 0 Å². The first-order valence-electron chi connectivity index (χ1n) is 21.3. The molecule has 0 aromatic carbocycles. The zero-order valence-electron chi connectivity index (χ0n) is 35.2. The summed E-state index contributed by atoms with van der Waals surface area (Å²) in [4.78, 5) is 11.3. The molecule has 5 saturated heterocycles. The topological polar surface area (TPSA) is 179 Å². The lowest BCUT2D eigenvalue weighted by Gasteiger charge is -2.47. The van der Waals surface area contributed by atoms with Crippen LogP contribution in [0.3, 0.4) is 0 Å². The molecule has 0 unspecified atom stereocenters. The SMILES string of the molecule is CCCCC[C@@H](CCCCCCCCCC(=O)OC)O[C@@H]1O[C@@H](C)[C@H](O[C@@H]2O[C@@H](C)[C@H](O[C@@H]3O[C@@H](C)[C@H](O)[C@@H](O)[C@H]3O)[C@H]3OC(C)(C)O[C@@H]23)[C@H]2OC(C)(C)O[C@@H]12. The highest BCUT2D eigenvalue weighted by Gasteiger charge is 2.61. The van der Waals surface area contributed by atoms with Crippen LogP contribution in [-0.4, -0.2) is 138 Å². The van der Waals surface area contributed by atoms with Gasteiger partial charge in [0.15, 0.2) is 30.4 Å². The average molecular weight is 805 g/mol. The van der Waals surface area contributed by atoms with Gasteiger partial charge in [0.1, 0.15) is 54.9 Å². The summed E-state index contributed by atoms with van der Waals surface area (Å²) in [5.41, 5.74) is 0. The Balaban J connectivity index is 1.20. The lowest BCUT2D eigenvalue weighted by Crippen LogP contribution is -2.64. The lowest BCUT2D eigenvalue weighted by atomic mass is 9.96. The quantitative estimate of drug-likeness (QED) is 0.113. The van der Waals surface area contributed by atoms with Crippen molar-refractivity contribution in [3.8, 4) is 0 Å². The predicted octanol–water partition coefficient (Wildman–Crippen LogP) is 4.76. The van der Waals surface area contributed by atoms with Crippen molar-refractivity contribution in [3.63, 3.8) is 0 Å². The molecule has 0 amide bonds. The molecule has 0 aromatic heterocycles. The largest absolute Gasteiger partial charge is 0.469 e. The first-order valence-corrected chi connectivity index (χ1v) is 21.3. The van der Waals surface area contributed by atoms with Crippen molar-refractivity contribution in [2.45, 2.75) is 249 Å². The molecule has 0 aliphatic carbocycles. The van der Waals surface area contributed by atoms with Crippen LogP contribution in [0.25, 0.3) is 0 Å². The van der Waals surface area contributed by atoms with Crippen LogP contribution >= 0.6 is 0 Å². The third-order valence-corrected chi connectivity index (χ3v) is 11.6. The number of carbonyl (C=O) groups excluding carboxylic acids is 1. The highest BCUT2D eigenvalue weighted by molar-refractivity contribution is 5.68. The molecule has 3 N–H and O–H groups in total. The fourth-order valence-electron chi connectivity index (χ4n) is 8.58. The molecule has 0 radical (unpaired) electrons. The summed E-state index contributed by atoms with van der Waals surface area (Å²) < 4.78 is 69.1. The second-order valence-electron chi connectivity index (χ2n) is 17.3. The second kappa shape index (κ2) is 20.5. The summed E-state index contributed by atoms with van der Waals surface area (Å²) in [6.07, 6.45) is 0.479. The number of aliphatic hydroxyl groups excluding tert-OH is 3. The van der Waals surface area contributed by atoms with E-state index in [1.54, 1.807) is 20.8 Å². The van der Waals surface area contributed by atoms with E-state index in [2.05, 4.69) is 6.92 Å². The van der Waals surface area contributed by atoms with E-state index in [4.69, 9.17) is 52.1 Å². The number of hydrogen-bond acceptors (Lipinski definition) is 15. The number of esters is 1. The van der Waals surface area contributed by atoms with Crippen LogP contribution in [-0.2, 0) is 56.9 Å². The summed E-state index contributed by atoms with van der Waals surface area (Å²) in [6, 6.07) is 0. The van der Waals surface area contributed by atoms with Crippen molar-refractivity contribution >= 4 is 5.97 Å². The third kappa shape index (κ3) is 11.8. The molecule has 5 heterocycles. The zero-order chi connectivity index (χ0) is 40.8. The van der Waals surface area contributed by atoms with Crippen LogP contribution < -0.4 is 0 Å². The molecule has 15 heteroatoms. The smallest absolute Gasteiger partial charge is 0.305 e. The van der Waals surface area contributed by atoms with Gasteiger partial charge >= 0.3 is 5.97 Å². The van der Waals surface area contributed by atoms with E-state index >= 15 is 0 Å². The van der Waals surface area contributed by atoms with Gasteiger partial charge in [-0.1, -0.05) is 64.7 Å². The summed E-state index contributed by atoms with van der Waals surface area (Å²) in [6.45, 7) is 14.9. The fraction of sp³-hybridized carbons (Fsp3) is 0.976. The Morgan fingerprint density at radius 3 is 1.62 bits per heavy atom. The van der Waals surface area contributed by atoms with Crippen LogP contribution in [0, 0.1) is 0 Å². The minimum absolute atomic E-state index is 0.00903. The van der Waals surface area contributed by atoms with E-state index < -0.39 is 104 Å². The summed E-state index contributed by atoms with van der Waals surface area (Å²) >= 11 is 0. The maximum absolute atomic E-state index is 11.3.